The van der Waals surface area contributed by atoms with Gasteiger partial charge in [0.25, 0.3) is 5.91 Å². The fourth-order valence-corrected chi connectivity index (χ4v) is 3.29. The zero-order valence-electron chi connectivity index (χ0n) is 16.6. The van der Waals surface area contributed by atoms with Gasteiger partial charge in [-0.15, -0.1) is 0 Å². The monoisotopic (exact) mass is 391 g/mol. The molecular formula is C19H37NO7. The Kier molecular flexibility index (Phi) is 10.1. The number of nitrogens with one attached hydrogen (secondary N) is 1. The molecule has 5 atom stereocenters. The molecule has 0 aromatic heterocycles. The standard InChI is InChI=1S/C19H37NO7/c1-3-4-5-6-7-8-9-10-11-12-15(22)20-19(26)18(2,25)17(24)16(23)14(13-21)27-19/h14,16-17,21,23-26H,3-13H2,1-2H3,(H,20,22)/t14-,16-,17+,18-,19?/m1/s1. The first-order chi connectivity index (χ1) is 12.7. The van der Waals surface area contributed by atoms with Crippen LogP contribution in [0.5, 0.6) is 0 Å². The quantitative estimate of drug-likeness (QED) is 0.211. The van der Waals surface area contributed by atoms with E-state index in [2.05, 4.69) is 12.2 Å². The van der Waals surface area contributed by atoms with Crippen molar-refractivity contribution in [2.24, 2.45) is 0 Å². The van der Waals surface area contributed by atoms with Crippen molar-refractivity contribution in [3.63, 3.8) is 0 Å². The first-order valence-corrected chi connectivity index (χ1v) is 10.1. The number of amides is 1. The van der Waals surface area contributed by atoms with Crippen molar-refractivity contribution < 1.29 is 35.1 Å². The van der Waals surface area contributed by atoms with Crippen LogP contribution in [0.2, 0.25) is 0 Å². The molecule has 0 radical (unpaired) electrons. The Morgan fingerprint density at radius 1 is 1.00 bits per heavy atom. The van der Waals surface area contributed by atoms with Gasteiger partial charge in [-0.2, -0.15) is 0 Å². The van der Waals surface area contributed by atoms with Crippen LogP contribution in [-0.2, 0) is 9.53 Å². The molecule has 1 aliphatic heterocycles. The number of aliphatic hydroxyl groups excluding tert-OH is 3. The molecule has 1 aliphatic rings. The minimum absolute atomic E-state index is 0.139. The fraction of sp³-hybridized carbons (Fsp3) is 0.947. The molecule has 6 N–H and O–H groups in total. The first kappa shape index (κ1) is 24.3. The SMILES string of the molecule is CCCCCCCCCCCC(=O)NC1(O)O[C@H](CO)[C@@H](O)[C@H](O)[C@@]1(C)O. The van der Waals surface area contributed by atoms with E-state index in [4.69, 9.17) is 4.74 Å². The second kappa shape index (κ2) is 11.3. The molecule has 8 heteroatoms. The Hall–Kier alpha value is -0.770. The zero-order chi connectivity index (χ0) is 20.5. The van der Waals surface area contributed by atoms with Gasteiger partial charge in [0.2, 0.25) is 5.91 Å². The predicted octanol–water partition coefficient (Wildman–Crippen LogP) is 0.533. The van der Waals surface area contributed by atoms with Crippen LogP contribution in [0.15, 0.2) is 0 Å². The summed E-state index contributed by atoms with van der Waals surface area (Å²) in [6.45, 7) is 2.55. The van der Waals surface area contributed by atoms with Crippen molar-refractivity contribution in [3.8, 4) is 0 Å². The van der Waals surface area contributed by atoms with E-state index in [0.29, 0.717) is 6.42 Å². The third kappa shape index (κ3) is 6.66. The Morgan fingerprint density at radius 3 is 2.04 bits per heavy atom. The molecule has 1 saturated heterocycles. The van der Waals surface area contributed by atoms with Gasteiger partial charge in [-0.3, -0.25) is 4.79 Å². The predicted molar refractivity (Wildman–Crippen MR) is 99.5 cm³/mol. The average molecular weight is 392 g/mol. The number of hydrogen-bond donors (Lipinski definition) is 6. The molecule has 1 rings (SSSR count). The van der Waals surface area contributed by atoms with Crippen molar-refractivity contribution in [2.45, 2.75) is 108 Å². The lowest BCUT2D eigenvalue weighted by Gasteiger charge is -2.51. The molecule has 0 aliphatic carbocycles. The zero-order valence-corrected chi connectivity index (χ0v) is 16.6. The Bertz CT molecular complexity index is 446. The van der Waals surface area contributed by atoms with Crippen LogP contribution in [0, 0.1) is 0 Å². The molecule has 27 heavy (non-hydrogen) atoms. The Balaban J connectivity index is 2.37. The highest BCUT2D eigenvalue weighted by atomic mass is 16.7. The summed E-state index contributed by atoms with van der Waals surface area (Å²) >= 11 is 0. The van der Waals surface area contributed by atoms with Crippen molar-refractivity contribution >= 4 is 5.91 Å². The van der Waals surface area contributed by atoms with E-state index >= 15 is 0 Å². The number of ether oxygens (including phenoxy) is 1. The molecule has 0 saturated carbocycles. The summed E-state index contributed by atoms with van der Waals surface area (Å²) in [6.07, 6.45) is 5.31. The molecule has 0 spiro atoms. The van der Waals surface area contributed by atoms with Gasteiger partial charge in [-0.05, 0) is 13.3 Å². The first-order valence-electron chi connectivity index (χ1n) is 10.1. The average Bonchev–Trinajstić information content (AvgIpc) is 2.62. The van der Waals surface area contributed by atoms with Crippen LogP contribution < -0.4 is 5.32 Å². The van der Waals surface area contributed by atoms with Gasteiger partial charge in [0.15, 0.2) is 5.60 Å². The molecule has 160 valence electrons. The highest BCUT2D eigenvalue weighted by molar-refractivity contribution is 5.76. The van der Waals surface area contributed by atoms with Crippen LogP contribution in [0.4, 0.5) is 0 Å². The van der Waals surface area contributed by atoms with Crippen molar-refractivity contribution in [1.82, 2.24) is 5.32 Å². The summed E-state index contributed by atoms with van der Waals surface area (Å²) in [4.78, 5) is 12.1. The summed E-state index contributed by atoms with van der Waals surface area (Å²) < 4.78 is 5.10. The van der Waals surface area contributed by atoms with Gasteiger partial charge in [0.1, 0.15) is 18.3 Å². The third-order valence-corrected chi connectivity index (χ3v) is 5.28. The maximum atomic E-state index is 12.1. The van der Waals surface area contributed by atoms with Crippen LogP contribution in [-0.4, -0.2) is 67.9 Å². The maximum absolute atomic E-state index is 12.1. The van der Waals surface area contributed by atoms with E-state index in [0.717, 1.165) is 26.2 Å². The lowest BCUT2D eigenvalue weighted by Crippen LogP contribution is -2.77. The summed E-state index contributed by atoms with van der Waals surface area (Å²) in [7, 11) is 0. The van der Waals surface area contributed by atoms with E-state index in [1.807, 2.05) is 0 Å². The number of carbonyl (C=O) groups excluding carboxylic acids is 1. The van der Waals surface area contributed by atoms with E-state index in [-0.39, 0.29) is 6.42 Å². The Morgan fingerprint density at radius 2 is 1.52 bits per heavy atom. The number of aliphatic hydroxyl groups is 5. The molecule has 0 bridgehead atoms. The molecular weight excluding hydrogens is 354 g/mol. The van der Waals surface area contributed by atoms with E-state index < -0.39 is 42.3 Å². The van der Waals surface area contributed by atoms with Crippen molar-refractivity contribution in [3.05, 3.63) is 0 Å². The maximum Gasteiger partial charge on any atom is 0.282 e. The molecule has 1 unspecified atom stereocenters. The fourth-order valence-electron chi connectivity index (χ4n) is 3.29. The van der Waals surface area contributed by atoms with Crippen LogP contribution >= 0.6 is 0 Å². The van der Waals surface area contributed by atoms with Crippen LogP contribution in [0.1, 0.15) is 78.1 Å². The normalized spacial score (nSPS) is 33.8. The smallest absolute Gasteiger partial charge is 0.282 e. The van der Waals surface area contributed by atoms with Gasteiger partial charge in [-0.1, -0.05) is 58.3 Å². The molecule has 1 heterocycles. The summed E-state index contributed by atoms with van der Waals surface area (Å²) in [5, 5.41) is 52.1. The number of carbonyl (C=O) groups is 1. The molecule has 8 nitrogen and oxygen atoms in total. The summed E-state index contributed by atoms with van der Waals surface area (Å²) in [5.41, 5.74) is -2.34. The van der Waals surface area contributed by atoms with Gasteiger partial charge in [0.05, 0.1) is 6.61 Å². The molecule has 0 aromatic carbocycles. The summed E-state index contributed by atoms with van der Waals surface area (Å²) in [6, 6.07) is 0. The lowest BCUT2D eigenvalue weighted by molar-refractivity contribution is -0.392. The van der Waals surface area contributed by atoms with Gasteiger partial charge >= 0.3 is 0 Å². The third-order valence-electron chi connectivity index (χ3n) is 5.28. The van der Waals surface area contributed by atoms with E-state index in [1.54, 1.807) is 0 Å². The molecule has 1 amide bonds. The number of unbranched alkanes of at least 4 members (excludes halogenated alkanes) is 8. The van der Waals surface area contributed by atoms with Crippen molar-refractivity contribution in [1.29, 1.82) is 0 Å². The minimum Gasteiger partial charge on any atom is -0.394 e. The number of rotatable bonds is 12. The van der Waals surface area contributed by atoms with Gasteiger partial charge in [0, 0.05) is 6.42 Å². The minimum atomic E-state index is -2.60. The van der Waals surface area contributed by atoms with E-state index in [1.165, 1.54) is 32.1 Å². The largest absolute Gasteiger partial charge is 0.394 e. The lowest BCUT2D eigenvalue weighted by atomic mass is 9.85. The van der Waals surface area contributed by atoms with Crippen molar-refractivity contribution in [2.75, 3.05) is 6.61 Å². The van der Waals surface area contributed by atoms with Crippen LogP contribution in [0.25, 0.3) is 0 Å². The molecule has 1 fully saturated rings. The second-order valence-corrected chi connectivity index (χ2v) is 7.69. The number of hydrogen-bond acceptors (Lipinski definition) is 7. The topological polar surface area (TPSA) is 139 Å². The molecule has 0 aromatic rings. The second-order valence-electron chi connectivity index (χ2n) is 7.69. The van der Waals surface area contributed by atoms with E-state index in [9.17, 15) is 30.3 Å². The van der Waals surface area contributed by atoms with Gasteiger partial charge in [-0.25, -0.2) is 0 Å². The highest BCUT2D eigenvalue weighted by Crippen LogP contribution is 2.34. The van der Waals surface area contributed by atoms with Crippen LogP contribution in [0.3, 0.4) is 0 Å². The van der Waals surface area contributed by atoms with Gasteiger partial charge < -0.3 is 35.6 Å². The summed E-state index contributed by atoms with van der Waals surface area (Å²) in [5.74, 6) is -3.14. The Labute approximate surface area is 161 Å². The highest BCUT2D eigenvalue weighted by Gasteiger charge is 2.61.